The van der Waals surface area contributed by atoms with E-state index in [0.29, 0.717) is 5.88 Å². The molecule has 0 spiro atoms. The van der Waals surface area contributed by atoms with Crippen molar-refractivity contribution in [2.45, 2.75) is 5.88 Å². The second-order valence-electron chi connectivity index (χ2n) is 3.98. The predicted octanol–water partition coefficient (Wildman–Crippen LogP) is 4.73. The summed E-state index contributed by atoms with van der Waals surface area (Å²) in [5.41, 5.74) is 1.17. The van der Waals surface area contributed by atoms with Gasteiger partial charge >= 0.3 is 0 Å². The molecule has 3 aromatic carbocycles. The SMILES string of the molecule is ClCc1ccc2c(ccc3ccccc32)c1. The highest BCUT2D eigenvalue weighted by atomic mass is 35.5. The van der Waals surface area contributed by atoms with Gasteiger partial charge in [-0.05, 0) is 33.2 Å². The topological polar surface area (TPSA) is 0 Å². The molecule has 3 aromatic rings. The van der Waals surface area contributed by atoms with E-state index in [9.17, 15) is 0 Å². The van der Waals surface area contributed by atoms with Gasteiger partial charge in [-0.2, -0.15) is 0 Å². The lowest BCUT2D eigenvalue weighted by Crippen LogP contribution is -1.80. The van der Waals surface area contributed by atoms with Crippen LogP contribution in [0.15, 0.2) is 54.6 Å². The molecular formula is C15H11Cl. The van der Waals surface area contributed by atoms with E-state index >= 15 is 0 Å². The lowest BCUT2D eigenvalue weighted by Gasteiger charge is -2.05. The Morgan fingerprint density at radius 2 is 1.50 bits per heavy atom. The third-order valence-electron chi connectivity index (χ3n) is 2.96. The Hall–Kier alpha value is -1.53. The Morgan fingerprint density at radius 3 is 2.38 bits per heavy atom. The molecular weight excluding hydrogens is 216 g/mol. The van der Waals surface area contributed by atoms with Crippen molar-refractivity contribution >= 4 is 33.1 Å². The number of hydrogen-bond donors (Lipinski definition) is 0. The molecule has 0 N–H and O–H groups in total. The first-order valence-electron chi connectivity index (χ1n) is 5.35. The Bertz CT molecular complexity index is 656. The maximum absolute atomic E-state index is 5.85. The highest BCUT2D eigenvalue weighted by Crippen LogP contribution is 2.26. The number of halogens is 1. The van der Waals surface area contributed by atoms with Crippen LogP contribution in [0.25, 0.3) is 21.5 Å². The molecule has 0 unspecified atom stereocenters. The van der Waals surface area contributed by atoms with Crippen molar-refractivity contribution in [2.75, 3.05) is 0 Å². The van der Waals surface area contributed by atoms with Crippen molar-refractivity contribution in [1.82, 2.24) is 0 Å². The number of rotatable bonds is 1. The minimum absolute atomic E-state index is 0.572. The molecule has 0 aliphatic rings. The van der Waals surface area contributed by atoms with Crippen LogP contribution in [-0.4, -0.2) is 0 Å². The Morgan fingerprint density at radius 1 is 0.750 bits per heavy atom. The highest BCUT2D eigenvalue weighted by Gasteiger charge is 2.00. The second kappa shape index (κ2) is 3.80. The molecule has 0 amide bonds. The fraction of sp³-hybridized carbons (Fsp3) is 0.0667. The first-order chi connectivity index (χ1) is 7.88. The van der Waals surface area contributed by atoms with Gasteiger partial charge < -0.3 is 0 Å². The van der Waals surface area contributed by atoms with Gasteiger partial charge in [0.2, 0.25) is 0 Å². The van der Waals surface area contributed by atoms with Crippen molar-refractivity contribution < 1.29 is 0 Å². The maximum Gasteiger partial charge on any atom is 0.0474 e. The average molecular weight is 227 g/mol. The van der Waals surface area contributed by atoms with E-state index in [1.807, 2.05) is 0 Å². The van der Waals surface area contributed by atoms with E-state index in [2.05, 4.69) is 54.6 Å². The first kappa shape index (κ1) is 9.68. The molecule has 0 atom stereocenters. The smallest absolute Gasteiger partial charge is 0.0474 e. The fourth-order valence-corrected chi connectivity index (χ4v) is 2.31. The van der Waals surface area contributed by atoms with E-state index in [-0.39, 0.29) is 0 Å². The molecule has 1 heteroatoms. The lowest BCUT2D eigenvalue weighted by atomic mass is 10.0. The standard InChI is InChI=1S/C15H11Cl/c16-10-11-5-8-15-13(9-11)7-6-12-3-1-2-4-14(12)15/h1-9H,10H2. The van der Waals surface area contributed by atoms with Crippen LogP contribution >= 0.6 is 11.6 Å². The normalized spacial score (nSPS) is 11.1. The molecule has 78 valence electrons. The van der Waals surface area contributed by atoms with Crippen LogP contribution in [0.4, 0.5) is 0 Å². The van der Waals surface area contributed by atoms with E-state index in [1.54, 1.807) is 0 Å². The van der Waals surface area contributed by atoms with Gasteiger partial charge in [0.15, 0.2) is 0 Å². The molecule has 3 rings (SSSR count). The number of benzene rings is 3. The van der Waals surface area contributed by atoms with E-state index in [4.69, 9.17) is 11.6 Å². The molecule has 0 aromatic heterocycles. The van der Waals surface area contributed by atoms with Gasteiger partial charge in [-0.15, -0.1) is 11.6 Å². The van der Waals surface area contributed by atoms with Gasteiger partial charge in [0, 0.05) is 5.88 Å². The Labute approximate surface area is 99.5 Å². The average Bonchev–Trinajstić information content (AvgIpc) is 2.38. The first-order valence-corrected chi connectivity index (χ1v) is 5.88. The van der Waals surface area contributed by atoms with Crippen molar-refractivity contribution in [3.8, 4) is 0 Å². The van der Waals surface area contributed by atoms with Gasteiger partial charge in [-0.1, -0.05) is 48.5 Å². The summed E-state index contributed by atoms with van der Waals surface area (Å²) in [5, 5.41) is 5.15. The summed E-state index contributed by atoms with van der Waals surface area (Å²) in [7, 11) is 0. The van der Waals surface area contributed by atoms with Gasteiger partial charge in [0.25, 0.3) is 0 Å². The van der Waals surface area contributed by atoms with Crippen LogP contribution in [-0.2, 0) is 5.88 Å². The summed E-state index contributed by atoms with van der Waals surface area (Å²) in [4.78, 5) is 0. The summed E-state index contributed by atoms with van der Waals surface area (Å²) < 4.78 is 0. The summed E-state index contributed by atoms with van der Waals surface area (Å²) in [6.07, 6.45) is 0. The zero-order valence-corrected chi connectivity index (χ0v) is 9.54. The van der Waals surface area contributed by atoms with Gasteiger partial charge in [0.1, 0.15) is 0 Å². The second-order valence-corrected chi connectivity index (χ2v) is 4.24. The Balaban J connectivity index is 2.43. The van der Waals surface area contributed by atoms with Crippen molar-refractivity contribution in [1.29, 1.82) is 0 Å². The van der Waals surface area contributed by atoms with Crippen molar-refractivity contribution in [3.63, 3.8) is 0 Å². The summed E-state index contributed by atoms with van der Waals surface area (Å²) in [6, 6.07) is 19.2. The zero-order chi connectivity index (χ0) is 11.0. The van der Waals surface area contributed by atoms with Crippen LogP contribution < -0.4 is 0 Å². The molecule has 0 bridgehead atoms. The number of fused-ring (bicyclic) bond motifs is 3. The Kier molecular flexibility index (Phi) is 2.30. The summed E-state index contributed by atoms with van der Waals surface area (Å²) >= 11 is 5.85. The molecule has 0 fully saturated rings. The quantitative estimate of drug-likeness (QED) is 0.416. The van der Waals surface area contributed by atoms with E-state index in [1.165, 1.54) is 27.1 Å². The minimum atomic E-state index is 0.572. The highest BCUT2D eigenvalue weighted by molar-refractivity contribution is 6.17. The van der Waals surface area contributed by atoms with Gasteiger partial charge in [-0.3, -0.25) is 0 Å². The molecule has 16 heavy (non-hydrogen) atoms. The molecule has 0 aliphatic carbocycles. The largest absolute Gasteiger partial charge is 0.122 e. The lowest BCUT2D eigenvalue weighted by molar-refractivity contribution is 1.43. The predicted molar refractivity (Wildman–Crippen MR) is 71.0 cm³/mol. The van der Waals surface area contributed by atoms with Crippen molar-refractivity contribution in [2.24, 2.45) is 0 Å². The van der Waals surface area contributed by atoms with Crippen LogP contribution in [0.1, 0.15) is 5.56 Å². The third kappa shape index (κ3) is 1.46. The molecule has 0 radical (unpaired) electrons. The third-order valence-corrected chi connectivity index (χ3v) is 3.27. The minimum Gasteiger partial charge on any atom is -0.122 e. The fourth-order valence-electron chi connectivity index (χ4n) is 2.15. The zero-order valence-electron chi connectivity index (χ0n) is 8.78. The summed E-state index contributed by atoms with van der Waals surface area (Å²) in [6.45, 7) is 0. The van der Waals surface area contributed by atoms with Crippen LogP contribution in [0, 0.1) is 0 Å². The summed E-state index contributed by atoms with van der Waals surface area (Å²) in [5.74, 6) is 0.572. The van der Waals surface area contributed by atoms with Gasteiger partial charge in [-0.25, -0.2) is 0 Å². The van der Waals surface area contributed by atoms with Crippen LogP contribution in [0.2, 0.25) is 0 Å². The van der Waals surface area contributed by atoms with E-state index < -0.39 is 0 Å². The molecule has 0 aliphatic heterocycles. The molecule has 0 saturated carbocycles. The van der Waals surface area contributed by atoms with Crippen LogP contribution in [0.5, 0.6) is 0 Å². The number of hydrogen-bond acceptors (Lipinski definition) is 0. The molecule has 0 nitrogen and oxygen atoms in total. The maximum atomic E-state index is 5.85. The molecule has 0 heterocycles. The van der Waals surface area contributed by atoms with E-state index in [0.717, 1.165) is 0 Å². The van der Waals surface area contributed by atoms with Crippen LogP contribution in [0.3, 0.4) is 0 Å². The van der Waals surface area contributed by atoms with Gasteiger partial charge in [0.05, 0.1) is 0 Å². The number of alkyl halides is 1. The monoisotopic (exact) mass is 226 g/mol. The van der Waals surface area contributed by atoms with Crippen molar-refractivity contribution in [3.05, 3.63) is 60.2 Å². The molecule has 0 saturated heterocycles.